The third-order valence-electron chi connectivity index (χ3n) is 4.28. The normalized spacial score (nSPS) is 11.6. The van der Waals surface area contributed by atoms with Crippen LogP contribution in [-0.2, 0) is 11.4 Å². The number of carbonyl (C=O) groups excluding carboxylic acids is 2. The van der Waals surface area contributed by atoms with Crippen molar-refractivity contribution in [2.75, 3.05) is 5.32 Å². The highest BCUT2D eigenvalue weighted by Crippen LogP contribution is 2.23. The minimum Gasteiger partial charge on any atom is -0.486 e. The summed E-state index contributed by atoms with van der Waals surface area (Å²) in [5.74, 6) is 0.351. The predicted molar refractivity (Wildman–Crippen MR) is 119 cm³/mol. The smallest absolute Gasteiger partial charge is 0.263 e. The third-order valence-corrected chi connectivity index (χ3v) is 5.66. The van der Waals surface area contributed by atoms with E-state index in [2.05, 4.69) is 15.6 Å². The maximum atomic E-state index is 12.8. The van der Waals surface area contributed by atoms with Gasteiger partial charge in [0.2, 0.25) is 5.91 Å². The van der Waals surface area contributed by atoms with Crippen molar-refractivity contribution < 1.29 is 14.3 Å². The summed E-state index contributed by atoms with van der Waals surface area (Å²) in [5.41, 5.74) is 2.24. The molecule has 3 aromatic rings. The lowest BCUT2D eigenvalue weighted by Gasteiger charge is -2.15. The van der Waals surface area contributed by atoms with Gasteiger partial charge >= 0.3 is 0 Å². The summed E-state index contributed by atoms with van der Waals surface area (Å²) in [6.07, 6.45) is 0. The summed E-state index contributed by atoms with van der Waals surface area (Å²) in [5, 5.41) is 7.10. The molecule has 8 heteroatoms. The standard InChI is InChI=1S/C22H22ClN3O3S/c1-13(16-5-4-6-18(11-16)26-15(3)27)25-22(28)21-14(2)24-20(30-21)12-29-19-9-7-17(23)8-10-19/h4-11,13H,12H2,1-3H3,(H,25,28)(H,26,27). The number of carbonyl (C=O) groups is 2. The highest BCUT2D eigenvalue weighted by molar-refractivity contribution is 7.13. The molecule has 0 saturated heterocycles. The summed E-state index contributed by atoms with van der Waals surface area (Å²) < 4.78 is 5.71. The molecule has 1 aromatic heterocycles. The van der Waals surface area contributed by atoms with Crippen molar-refractivity contribution in [1.29, 1.82) is 0 Å². The fourth-order valence-electron chi connectivity index (χ4n) is 2.84. The van der Waals surface area contributed by atoms with Gasteiger partial charge < -0.3 is 15.4 Å². The Balaban J connectivity index is 1.64. The van der Waals surface area contributed by atoms with Crippen LogP contribution in [0.25, 0.3) is 0 Å². The van der Waals surface area contributed by atoms with Gasteiger partial charge in [-0.3, -0.25) is 9.59 Å². The number of amides is 2. The van der Waals surface area contributed by atoms with Crippen molar-refractivity contribution in [1.82, 2.24) is 10.3 Å². The molecule has 2 N–H and O–H groups in total. The summed E-state index contributed by atoms with van der Waals surface area (Å²) in [6.45, 7) is 5.43. The van der Waals surface area contributed by atoms with Crippen LogP contribution in [0.2, 0.25) is 5.02 Å². The quantitative estimate of drug-likeness (QED) is 0.530. The Bertz CT molecular complexity index is 1050. The molecule has 0 aliphatic heterocycles. The van der Waals surface area contributed by atoms with Crippen molar-refractivity contribution in [2.24, 2.45) is 0 Å². The molecule has 6 nitrogen and oxygen atoms in total. The largest absolute Gasteiger partial charge is 0.486 e. The molecule has 1 heterocycles. The van der Waals surface area contributed by atoms with Gasteiger partial charge in [-0.2, -0.15) is 0 Å². The first kappa shape index (κ1) is 21.8. The van der Waals surface area contributed by atoms with Crippen molar-refractivity contribution in [2.45, 2.75) is 33.4 Å². The monoisotopic (exact) mass is 443 g/mol. The fraction of sp³-hybridized carbons (Fsp3) is 0.227. The number of nitrogens with zero attached hydrogens (tertiary/aromatic N) is 1. The van der Waals surface area contributed by atoms with E-state index in [1.54, 1.807) is 37.3 Å². The Kier molecular flexibility index (Phi) is 7.07. The molecule has 2 aromatic carbocycles. The van der Waals surface area contributed by atoms with Crippen LogP contribution in [0, 0.1) is 6.92 Å². The average molecular weight is 444 g/mol. The number of rotatable bonds is 7. The zero-order valence-corrected chi connectivity index (χ0v) is 18.4. The lowest BCUT2D eigenvalue weighted by atomic mass is 10.1. The molecule has 156 valence electrons. The number of anilines is 1. The van der Waals surface area contributed by atoms with Crippen molar-refractivity contribution >= 4 is 40.4 Å². The Labute approximate surface area is 184 Å². The minimum atomic E-state index is -0.235. The van der Waals surface area contributed by atoms with Gasteiger partial charge in [0.1, 0.15) is 22.2 Å². The summed E-state index contributed by atoms with van der Waals surface area (Å²) in [6, 6.07) is 14.2. The van der Waals surface area contributed by atoms with Gasteiger partial charge in [-0.1, -0.05) is 23.7 Å². The number of benzene rings is 2. The van der Waals surface area contributed by atoms with Crippen LogP contribution in [0.5, 0.6) is 5.75 Å². The summed E-state index contributed by atoms with van der Waals surface area (Å²) in [7, 11) is 0. The van der Waals surface area contributed by atoms with Crippen LogP contribution in [0.3, 0.4) is 0 Å². The van der Waals surface area contributed by atoms with E-state index in [-0.39, 0.29) is 24.5 Å². The first-order chi connectivity index (χ1) is 14.3. The van der Waals surface area contributed by atoms with E-state index < -0.39 is 0 Å². The van der Waals surface area contributed by atoms with E-state index in [0.717, 1.165) is 5.56 Å². The summed E-state index contributed by atoms with van der Waals surface area (Å²) >= 11 is 7.18. The van der Waals surface area contributed by atoms with Crippen molar-refractivity contribution in [3.8, 4) is 5.75 Å². The van der Waals surface area contributed by atoms with Crippen LogP contribution < -0.4 is 15.4 Å². The van der Waals surface area contributed by atoms with Crippen LogP contribution in [0.15, 0.2) is 48.5 Å². The zero-order chi connectivity index (χ0) is 21.7. The topological polar surface area (TPSA) is 80.3 Å². The molecule has 0 fully saturated rings. The van der Waals surface area contributed by atoms with E-state index in [0.29, 0.717) is 32.0 Å². The van der Waals surface area contributed by atoms with Crippen LogP contribution in [-0.4, -0.2) is 16.8 Å². The molecule has 0 radical (unpaired) electrons. The Hall–Kier alpha value is -2.90. The summed E-state index contributed by atoms with van der Waals surface area (Å²) in [4.78, 5) is 29.0. The lowest BCUT2D eigenvalue weighted by molar-refractivity contribution is -0.114. The predicted octanol–water partition coefficient (Wildman–Crippen LogP) is 5.13. The average Bonchev–Trinajstić information content (AvgIpc) is 3.08. The number of aromatic nitrogens is 1. The van der Waals surface area contributed by atoms with Crippen LogP contribution in [0.1, 0.15) is 45.8 Å². The number of nitrogens with one attached hydrogen (secondary N) is 2. The van der Waals surface area contributed by atoms with E-state index >= 15 is 0 Å². The molecule has 0 aliphatic carbocycles. The fourth-order valence-corrected chi connectivity index (χ4v) is 3.84. The van der Waals surface area contributed by atoms with Gasteiger partial charge in [0.25, 0.3) is 5.91 Å². The molecule has 2 amide bonds. The Morgan fingerprint density at radius 2 is 1.93 bits per heavy atom. The highest BCUT2D eigenvalue weighted by Gasteiger charge is 2.18. The maximum Gasteiger partial charge on any atom is 0.263 e. The molecule has 0 bridgehead atoms. The Morgan fingerprint density at radius 1 is 1.20 bits per heavy atom. The second-order valence-corrected chi connectivity index (χ2v) is 8.29. The van der Waals surface area contributed by atoms with Crippen LogP contribution in [0.4, 0.5) is 5.69 Å². The molecule has 0 spiro atoms. The zero-order valence-electron chi connectivity index (χ0n) is 16.9. The molecular weight excluding hydrogens is 422 g/mol. The molecule has 1 atom stereocenters. The SMILES string of the molecule is CC(=O)Nc1cccc(C(C)NC(=O)c2sc(COc3ccc(Cl)cc3)nc2C)c1. The molecule has 1 unspecified atom stereocenters. The number of hydrogen-bond acceptors (Lipinski definition) is 5. The molecular formula is C22H22ClN3O3S. The van der Waals surface area contributed by atoms with Gasteiger partial charge in [0.15, 0.2) is 0 Å². The van der Waals surface area contributed by atoms with Crippen molar-refractivity contribution in [3.63, 3.8) is 0 Å². The molecule has 0 saturated carbocycles. The second-order valence-electron chi connectivity index (χ2n) is 6.77. The lowest BCUT2D eigenvalue weighted by Crippen LogP contribution is -2.26. The van der Waals surface area contributed by atoms with Gasteiger partial charge in [0, 0.05) is 17.6 Å². The molecule has 30 heavy (non-hydrogen) atoms. The number of halogens is 1. The van der Waals surface area contributed by atoms with E-state index in [1.807, 2.05) is 25.1 Å². The van der Waals surface area contributed by atoms with Crippen molar-refractivity contribution in [3.05, 3.63) is 74.7 Å². The van der Waals surface area contributed by atoms with E-state index in [9.17, 15) is 9.59 Å². The number of aryl methyl sites for hydroxylation is 1. The third kappa shape index (κ3) is 5.81. The first-order valence-corrected chi connectivity index (χ1v) is 10.5. The molecule has 3 rings (SSSR count). The second kappa shape index (κ2) is 9.73. The number of ether oxygens (including phenoxy) is 1. The van der Waals surface area contributed by atoms with Gasteiger partial charge in [-0.15, -0.1) is 11.3 Å². The molecule has 0 aliphatic rings. The maximum absolute atomic E-state index is 12.8. The first-order valence-electron chi connectivity index (χ1n) is 9.35. The van der Waals surface area contributed by atoms with Crippen LogP contribution >= 0.6 is 22.9 Å². The minimum absolute atomic E-state index is 0.141. The van der Waals surface area contributed by atoms with E-state index in [1.165, 1.54) is 18.3 Å². The van der Waals surface area contributed by atoms with E-state index in [4.69, 9.17) is 16.3 Å². The number of thiazole rings is 1. The van der Waals surface area contributed by atoms with Gasteiger partial charge in [0.05, 0.1) is 11.7 Å². The highest BCUT2D eigenvalue weighted by atomic mass is 35.5. The number of hydrogen-bond donors (Lipinski definition) is 2. The van der Waals surface area contributed by atoms with Gasteiger partial charge in [-0.05, 0) is 55.8 Å². The van der Waals surface area contributed by atoms with Gasteiger partial charge in [-0.25, -0.2) is 4.98 Å². The Morgan fingerprint density at radius 3 is 2.63 bits per heavy atom.